The maximum atomic E-state index is 11.5. The van der Waals surface area contributed by atoms with E-state index in [-0.39, 0.29) is 79.3 Å². The predicted octanol–water partition coefficient (Wildman–Crippen LogP) is -12.5. The first kappa shape index (κ1) is 103. The minimum absolute atomic E-state index is 0.00804. The number of ether oxygens (including phenoxy) is 17. The van der Waals surface area contributed by atoms with Crippen LogP contribution in [-0.4, -0.2) is 490 Å². The molecule has 8 aliphatic rings. The summed E-state index contributed by atoms with van der Waals surface area (Å²) in [6.45, 7) is 4.34. The van der Waals surface area contributed by atoms with Crippen LogP contribution in [0.4, 0.5) is 0 Å². The molecule has 0 spiro atoms. The van der Waals surface area contributed by atoms with E-state index in [0.29, 0.717) is 0 Å². The van der Waals surface area contributed by atoms with E-state index in [4.69, 9.17) is 80.5 Å². The molecule has 42 heteroatoms. The standard InChI is InChI=1S/C42H76O26.C22H40O16.3C2H6/c1-57-8-18-23(4-43)65-29(38(53)32(18)47)14-61-11-21-26(7-46)68-42(41(56)36(21)51)63-17-27-22(12-62-15-30-39(54)33(48)19(9-58-2)24(5-44)66-30)35(50)40(55)31(67-27)16-60-10-20-25(6-45)64-28(13-59-3)37(52)34(20)49;23-1-10-8(4-34-7-14-19(30)20(31)17(28)12(3-25)37-14)15(26)18(29)13(36-10)6-35-5-9-11(2-24)38-22(33)21(32)16(9)27;3*1-2/h18-56H,4-17H2,1-3H3;8-33H,1-7H2;3*1-2H3. The van der Waals surface area contributed by atoms with Gasteiger partial charge in [-0.25, -0.2) is 0 Å². The van der Waals surface area contributed by atoms with Crippen LogP contribution in [0, 0.1) is 41.4 Å². The van der Waals surface area contributed by atoms with Crippen molar-refractivity contribution in [2.24, 2.45) is 41.4 Å². The van der Waals surface area contributed by atoms with E-state index >= 15 is 0 Å². The van der Waals surface area contributed by atoms with Crippen LogP contribution in [0.25, 0.3) is 0 Å². The first-order valence-electron chi connectivity index (χ1n) is 38.4. The highest BCUT2D eigenvalue weighted by Gasteiger charge is 2.53. The van der Waals surface area contributed by atoms with E-state index in [9.17, 15) is 128 Å². The molecular formula is C70H134O42. The van der Waals surface area contributed by atoms with Gasteiger partial charge in [0.15, 0.2) is 12.6 Å². The molecule has 0 saturated carbocycles. The van der Waals surface area contributed by atoms with Crippen molar-refractivity contribution in [1.29, 1.82) is 0 Å². The topological polar surface area (TPSA) is 663 Å². The molecule has 8 rings (SSSR count). The molecule has 8 heterocycles. The molecule has 0 aromatic carbocycles. The maximum Gasteiger partial charge on any atom is 0.186 e. The summed E-state index contributed by atoms with van der Waals surface area (Å²) in [7, 11) is 4.17. The summed E-state index contributed by atoms with van der Waals surface area (Å²) in [5.41, 5.74) is 0. The third-order valence-corrected chi connectivity index (χ3v) is 21.2. The van der Waals surface area contributed by atoms with Crippen molar-refractivity contribution in [3.05, 3.63) is 0 Å². The van der Waals surface area contributed by atoms with Crippen LogP contribution in [0.1, 0.15) is 41.5 Å². The predicted molar refractivity (Wildman–Crippen MR) is 377 cm³/mol. The Kier molecular flexibility index (Phi) is 48.1. The van der Waals surface area contributed by atoms with Gasteiger partial charge < -0.3 is 208 Å². The van der Waals surface area contributed by atoms with Gasteiger partial charge in [-0.1, -0.05) is 41.5 Å². The third kappa shape index (κ3) is 26.7. The Morgan fingerprint density at radius 2 is 0.402 bits per heavy atom. The Hall–Kier alpha value is -1.68. The molecule has 40 unspecified atom stereocenters. The van der Waals surface area contributed by atoms with Gasteiger partial charge in [0.2, 0.25) is 0 Å². The van der Waals surface area contributed by atoms with Crippen LogP contribution in [0.15, 0.2) is 0 Å². The maximum absolute atomic E-state index is 11.5. The summed E-state index contributed by atoms with van der Waals surface area (Å²) in [6, 6.07) is 0. The summed E-state index contributed by atoms with van der Waals surface area (Å²) < 4.78 is 95.0. The number of methoxy groups -OCH3 is 3. The lowest BCUT2D eigenvalue weighted by Gasteiger charge is -2.46. The van der Waals surface area contributed by atoms with E-state index in [2.05, 4.69) is 0 Å². The third-order valence-electron chi connectivity index (χ3n) is 21.2. The highest BCUT2D eigenvalue weighted by atomic mass is 16.7. The second-order valence-corrected chi connectivity index (χ2v) is 28.0. The highest BCUT2D eigenvalue weighted by molar-refractivity contribution is 5.00. The molecule has 0 radical (unpaired) electrons. The number of rotatable bonds is 36. The first-order chi connectivity index (χ1) is 53.6. The molecule has 666 valence electrons. The van der Waals surface area contributed by atoms with Crippen LogP contribution in [0.5, 0.6) is 0 Å². The lowest BCUT2D eigenvalue weighted by atomic mass is 9.86. The van der Waals surface area contributed by atoms with Gasteiger partial charge in [0, 0.05) is 62.8 Å². The minimum atomic E-state index is -1.76. The van der Waals surface area contributed by atoms with Crippen molar-refractivity contribution in [3.8, 4) is 0 Å². The molecule has 0 aliphatic carbocycles. The molecule has 25 N–H and O–H groups in total. The monoisotopic (exact) mass is 1650 g/mol. The second kappa shape index (κ2) is 52.5. The fourth-order valence-corrected chi connectivity index (χ4v) is 14.6. The van der Waals surface area contributed by atoms with E-state index in [1.165, 1.54) is 21.3 Å². The fraction of sp³-hybridized carbons (Fsp3) is 1.00. The quantitative estimate of drug-likeness (QED) is 0.0277. The van der Waals surface area contributed by atoms with Crippen molar-refractivity contribution < 1.29 is 208 Å². The zero-order valence-corrected chi connectivity index (χ0v) is 65.1. The summed E-state index contributed by atoms with van der Waals surface area (Å²) in [5.74, 6) is -6.41. The normalized spacial score (nSPS) is 44.4. The summed E-state index contributed by atoms with van der Waals surface area (Å²) >= 11 is 0. The number of aliphatic hydroxyl groups excluding tert-OH is 25. The van der Waals surface area contributed by atoms with E-state index < -0.39 is 303 Å². The van der Waals surface area contributed by atoms with Gasteiger partial charge in [0.25, 0.3) is 0 Å². The Bertz CT molecular complexity index is 2400. The largest absolute Gasteiger partial charge is 0.394 e. The van der Waals surface area contributed by atoms with E-state index in [1.54, 1.807) is 0 Å². The SMILES string of the molecule is CC.CC.CC.COCC1OC(CO)C(COCC2OC(COC3OC(CO)C(COCC4OC(CO)C(COC)C(O)C4O)C(O)C3O)C(COCC3OC(CO)C(COC)C(O)C3O)C(O)C2O)C(O)C1O.OCC1OC(COCC2C(CO)OC(COCC3C(CO)OC(O)C(O)C3O)C(O)C2O)C(O)C(O)C1O. The minimum Gasteiger partial charge on any atom is -0.394 e. The zero-order valence-electron chi connectivity index (χ0n) is 65.1. The molecule has 8 saturated heterocycles. The van der Waals surface area contributed by atoms with Gasteiger partial charge in [-0.3, -0.25) is 0 Å². The lowest BCUT2D eigenvalue weighted by molar-refractivity contribution is -0.310. The van der Waals surface area contributed by atoms with Crippen LogP contribution in [0.3, 0.4) is 0 Å². The Morgan fingerprint density at radius 1 is 0.188 bits per heavy atom. The Labute approximate surface area is 651 Å². The molecule has 42 nitrogen and oxygen atoms in total. The Morgan fingerprint density at radius 3 is 0.696 bits per heavy atom. The number of hydrogen-bond acceptors (Lipinski definition) is 42. The van der Waals surface area contributed by atoms with Gasteiger partial charge in [0.1, 0.15) is 104 Å². The second-order valence-electron chi connectivity index (χ2n) is 28.0. The highest BCUT2D eigenvalue weighted by Crippen LogP contribution is 2.36. The average molecular weight is 1650 g/mol. The molecule has 112 heavy (non-hydrogen) atoms. The van der Waals surface area contributed by atoms with Crippen molar-refractivity contribution in [2.45, 2.75) is 243 Å². The molecule has 8 fully saturated rings. The van der Waals surface area contributed by atoms with Crippen molar-refractivity contribution in [2.75, 3.05) is 160 Å². The molecule has 8 aliphatic heterocycles. The van der Waals surface area contributed by atoms with Gasteiger partial charge in [-0.2, -0.15) is 0 Å². The lowest BCUT2D eigenvalue weighted by Crippen LogP contribution is -2.61. The molecule has 0 aromatic heterocycles. The van der Waals surface area contributed by atoms with Crippen molar-refractivity contribution in [1.82, 2.24) is 0 Å². The summed E-state index contributed by atoms with van der Waals surface area (Å²) in [4.78, 5) is 0. The Balaban J connectivity index is 0.000000507. The van der Waals surface area contributed by atoms with Crippen LogP contribution in [0.2, 0.25) is 0 Å². The van der Waals surface area contributed by atoms with Crippen molar-refractivity contribution >= 4 is 0 Å². The summed E-state index contributed by atoms with van der Waals surface area (Å²) in [5, 5.41) is 259. The van der Waals surface area contributed by atoms with Crippen LogP contribution < -0.4 is 0 Å². The van der Waals surface area contributed by atoms with Crippen LogP contribution >= 0.6 is 0 Å². The first-order valence-corrected chi connectivity index (χ1v) is 38.4. The van der Waals surface area contributed by atoms with Gasteiger partial charge >= 0.3 is 0 Å². The van der Waals surface area contributed by atoms with E-state index in [1.807, 2.05) is 41.5 Å². The smallest absolute Gasteiger partial charge is 0.186 e. The van der Waals surface area contributed by atoms with E-state index in [0.717, 1.165) is 0 Å². The summed E-state index contributed by atoms with van der Waals surface area (Å²) in [6.07, 6.45) is -43.7. The van der Waals surface area contributed by atoms with Gasteiger partial charge in [-0.05, 0) is 0 Å². The molecule has 0 amide bonds. The molecular weight excluding hydrogens is 1510 g/mol. The number of hydrogen-bond donors (Lipinski definition) is 25. The zero-order chi connectivity index (χ0) is 84.0. The average Bonchev–Trinajstić information content (AvgIpc) is 1.58. The fourth-order valence-electron chi connectivity index (χ4n) is 14.6. The van der Waals surface area contributed by atoms with Crippen molar-refractivity contribution in [3.63, 3.8) is 0 Å². The van der Waals surface area contributed by atoms with Gasteiger partial charge in [-0.15, -0.1) is 0 Å². The molecule has 40 atom stereocenters. The molecule has 0 bridgehead atoms. The molecule has 0 aromatic rings. The number of aliphatic hydroxyl groups is 25. The van der Waals surface area contributed by atoms with Gasteiger partial charge in [0.05, 0.1) is 224 Å². The van der Waals surface area contributed by atoms with Crippen LogP contribution in [-0.2, 0) is 80.5 Å².